The molecule has 1 aromatic rings. The van der Waals surface area contributed by atoms with Gasteiger partial charge in [-0.15, -0.1) is 0 Å². The van der Waals surface area contributed by atoms with Gasteiger partial charge in [-0.25, -0.2) is 4.79 Å². The molecular weight excluding hydrogens is 362 g/mol. The number of hydrogen-bond acceptors (Lipinski definition) is 9. The van der Waals surface area contributed by atoms with E-state index in [2.05, 4.69) is 10.1 Å². The van der Waals surface area contributed by atoms with E-state index in [0.29, 0.717) is 0 Å². The minimum Gasteiger partial charge on any atom is -0.493 e. The van der Waals surface area contributed by atoms with Crippen molar-refractivity contribution in [3.8, 4) is 11.5 Å². The van der Waals surface area contributed by atoms with Crippen LogP contribution in [-0.4, -0.2) is 78.7 Å². The first-order valence-electron chi connectivity index (χ1n) is 8.15. The van der Waals surface area contributed by atoms with Crippen molar-refractivity contribution in [1.29, 1.82) is 0 Å². The number of aliphatic hydroxyl groups is 3. The Kier molecular flexibility index (Phi) is 6.97. The van der Waals surface area contributed by atoms with Gasteiger partial charge in [-0.05, 0) is 18.2 Å². The van der Waals surface area contributed by atoms with Gasteiger partial charge in [-0.1, -0.05) is 0 Å². The van der Waals surface area contributed by atoms with Gasteiger partial charge in [-0.3, -0.25) is 4.79 Å². The quantitative estimate of drug-likeness (QED) is 0.444. The number of ether oxygens (including phenoxy) is 4. The number of benzene rings is 1. The van der Waals surface area contributed by atoms with Gasteiger partial charge >= 0.3 is 5.97 Å². The fourth-order valence-corrected chi connectivity index (χ4v) is 2.71. The van der Waals surface area contributed by atoms with E-state index in [1.54, 1.807) is 0 Å². The van der Waals surface area contributed by atoms with Crippen molar-refractivity contribution in [3.05, 3.63) is 23.8 Å². The minimum atomic E-state index is -1.44. The number of esters is 1. The lowest BCUT2D eigenvalue weighted by Gasteiger charge is -2.42. The average Bonchev–Trinajstić information content (AvgIpc) is 2.66. The molecule has 1 aliphatic heterocycles. The van der Waals surface area contributed by atoms with Crippen LogP contribution >= 0.6 is 0 Å². The summed E-state index contributed by atoms with van der Waals surface area (Å²) < 4.78 is 21.1. The molecular formula is C17H23NO9. The van der Waals surface area contributed by atoms with Crippen LogP contribution in [-0.2, 0) is 14.3 Å². The Morgan fingerprint density at radius 2 is 1.89 bits per heavy atom. The summed E-state index contributed by atoms with van der Waals surface area (Å²) in [5.41, 5.74) is 0.230. The maximum atomic E-state index is 11.6. The van der Waals surface area contributed by atoms with Gasteiger partial charge in [0.15, 0.2) is 11.5 Å². The largest absolute Gasteiger partial charge is 0.493 e. The van der Waals surface area contributed by atoms with Crippen molar-refractivity contribution in [1.82, 2.24) is 5.32 Å². The standard InChI is InChI=1S/C17H23NO9/c1-8(20)18-13-15(22)14(21)12(7-19)27-17(13)26-10-5-4-9(16(23)25-3)6-11(10)24-2/h4-6,12-15,17,19,21-22H,7H2,1-3H3,(H,18,20). The normalized spacial score (nSPS) is 27.6. The third kappa shape index (κ3) is 4.66. The predicted molar refractivity (Wildman–Crippen MR) is 90.3 cm³/mol. The number of rotatable bonds is 6. The first-order valence-corrected chi connectivity index (χ1v) is 8.15. The van der Waals surface area contributed by atoms with Crippen molar-refractivity contribution in [3.63, 3.8) is 0 Å². The lowest BCUT2D eigenvalue weighted by atomic mass is 9.97. The van der Waals surface area contributed by atoms with E-state index >= 15 is 0 Å². The van der Waals surface area contributed by atoms with Crippen molar-refractivity contribution in [2.45, 2.75) is 37.6 Å². The molecule has 4 N–H and O–H groups in total. The van der Waals surface area contributed by atoms with E-state index in [1.165, 1.54) is 39.3 Å². The Bertz CT molecular complexity index is 680. The van der Waals surface area contributed by atoms with Gasteiger partial charge in [-0.2, -0.15) is 0 Å². The number of hydrogen-bond donors (Lipinski definition) is 4. The Morgan fingerprint density at radius 1 is 1.19 bits per heavy atom. The van der Waals surface area contributed by atoms with Crippen molar-refractivity contribution in [2.24, 2.45) is 0 Å². The summed E-state index contributed by atoms with van der Waals surface area (Å²) in [6.45, 7) is 0.670. The minimum absolute atomic E-state index is 0.158. The third-order valence-electron chi connectivity index (χ3n) is 4.08. The summed E-state index contributed by atoms with van der Waals surface area (Å²) in [7, 11) is 2.61. The van der Waals surface area contributed by atoms with Crippen LogP contribution in [0.3, 0.4) is 0 Å². The molecule has 0 aromatic heterocycles. The fourth-order valence-electron chi connectivity index (χ4n) is 2.71. The summed E-state index contributed by atoms with van der Waals surface area (Å²) in [5.74, 6) is -0.697. The van der Waals surface area contributed by atoms with Crippen LogP contribution in [0, 0.1) is 0 Å². The highest BCUT2D eigenvalue weighted by atomic mass is 16.7. The highest BCUT2D eigenvalue weighted by molar-refractivity contribution is 5.90. The fraction of sp³-hybridized carbons (Fsp3) is 0.529. The van der Waals surface area contributed by atoms with Gasteiger partial charge in [0, 0.05) is 6.92 Å². The summed E-state index contributed by atoms with van der Waals surface area (Å²) in [5, 5.41) is 32.1. The Hall–Kier alpha value is -2.40. The zero-order valence-electron chi connectivity index (χ0n) is 15.1. The van der Waals surface area contributed by atoms with Crippen LogP contribution in [0.25, 0.3) is 0 Å². The summed E-state index contributed by atoms with van der Waals surface area (Å²) in [4.78, 5) is 23.1. The second-order valence-electron chi connectivity index (χ2n) is 5.91. The summed E-state index contributed by atoms with van der Waals surface area (Å²) >= 11 is 0. The molecule has 2 rings (SSSR count). The topological polar surface area (TPSA) is 144 Å². The van der Waals surface area contributed by atoms with Crippen LogP contribution in [0.15, 0.2) is 18.2 Å². The number of aliphatic hydroxyl groups excluding tert-OH is 3. The van der Waals surface area contributed by atoms with Gasteiger partial charge < -0.3 is 39.6 Å². The van der Waals surface area contributed by atoms with Gasteiger partial charge in [0.2, 0.25) is 12.2 Å². The number of carbonyl (C=O) groups excluding carboxylic acids is 2. The van der Waals surface area contributed by atoms with Crippen molar-refractivity contribution in [2.75, 3.05) is 20.8 Å². The SMILES string of the molecule is COC(=O)c1ccc(OC2OC(CO)C(O)C(O)C2NC(C)=O)c(OC)c1. The second-order valence-corrected chi connectivity index (χ2v) is 5.91. The molecule has 0 spiro atoms. The molecule has 0 bridgehead atoms. The van der Waals surface area contributed by atoms with E-state index in [0.717, 1.165) is 0 Å². The lowest BCUT2D eigenvalue weighted by Crippen LogP contribution is -2.65. The lowest BCUT2D eigenvalue weighted by molar-refractivity contribution is -0.244. The van der Waals surface area contributed by atoms with Crippen molar-refractivity contribution >= 4 is 11.9 Å². The average molecular weight is 385 g/mol. The van der Waals surface area contributed by atoms with E-state index in [-0.39, 0.29) is 17.1 Å². The van der Waals surface area contributed by atoms with E-state index in [9.17, 15) is 24.9 Å². The summed E-state index contributed by atoms with van der Waals surface area (Å²) in [6.07, 6.45) is -5.21. The number of nitrogens with one attached hydrogen (secondary N) is 1. The van der Waals surface area contributed by atoms with Gasteiger partial charge in [0.1, 0.15) is 24.4 Å². The molecule has 1 amide bonds. The molecule has 5 unspecified atom stereocenters. The highest BCUT2D eigenvalue weighted by Crippen LogP contribution is 2.32. The van der Waals surface area contributed by atoms with Crippen LogP contribution in [0.1, 0.15) is 17.3 Å². The van der Waals surface area contributed by atoms with Gasteiger partial charge in [0.05, 0.1) is 26.4 Å². The van der Waals surface area contributed by atoms with Crippen LogP contribution in [0.2, 0.25) is 0 Å². The zero-order valence-corrected chi connectivity index (χ0v) is 15.1. The first kappa shape index (κ1) is 20.9. The molecule has 1 aliphatic rings. The molecule has 150 valence electrons. The number of methoxy groups -OCH3 is 2. The maximum Gasteiger partial charge on any atom is 0.337 e. The van der Waals surface area contributed by atoms with Crippen molar-refractivity contribution < 1.29 is 43.9 Å². The Morgan fingerprint density at radius 3 is 2.44 bits per heavy atom. The van der Waals surface area contributed by atoms with Gasteiger partial charge in [0.25, 0.3) is 0 Å². The highest BCUT2D eigenvalue weighted by Gasteiger charge is 2.46. The molecule has 0 radical (unpaired) electrons. The molecule has 1 saturated heterocycles. The predicted octanol–water partition coefficient (Wildman–Crippen LogP) is -1.20. The molecule has 0 aliphatic carbocycles. The third-order valence-corrected chi connectivity index (χ3v) is 4.08. The molecule has 10 nitrogen and oxygen atoms in total. The first-order chi connectivity index (χ1) is 12.8. The monoisotopic (exact) mass is 385 g/mol. The molecule has 10 heteroatoms. The van der Waals surface area contributed by atoms with Crippen LogP contribution in [0.5, 0.6) is 11.5 Å². The summed E-state index contributed by atoms with van der Waals surface area (Å²) in [6, 6.07) is 3.16. The second kappa shape index (κ2) is 9.00. The molecule has 5 atom stereocenters. The molecule has 27 heavy (non-hydrogen) atoms. The Labute approximate surface area is 155 Å². The van der Waals surface area contributed by atoms with Crippen LogP contribution < -0.4 is 14.8 Å². The van der Waals surface area contributed by atoms with E-state index in [4.69, 9.17) is 14.2 Å². The molecule has 1 heterocycles. The zero-order chi connectivity index (χ0) is 20.1. The number of amides is 1. The Balaban J connectivity index is 2.30. The smallest absolute Gasteiger partial charge is 0.337 e. The van der Waals surface area contributed by atoms with E-state index < -0.39 is 49.1 Å². The maximum absolute atomic E-state index is 11.6. The van der Waals surface area contributed by atoms with Crippen LogP contribution in [0.4, 0.5) is 0 Å². The van der Waals surface area contributed by atoms with E-state index in [1.807, 2.05) is 0 Å². The molecule has 1 fully saturated rings. The molecule has 1 aromatic carbocycles. The number of carbonyl (C=O) groups is 2. The molecule has 0 saturated carbocycles.